The molecule has 21 heavy (non-hydrogen) atoms. The van der Waals surface area contributed by atoms with Crippen molar-refractivity contribution in [2.24, 2.45) is 11.3 Å². The number of aliphatic hydroxyl groups excluding tert-OH is 1. The molecule has 0 aromatic heterocycles. The van der Waals surface area contributed by atoms with Crippen LogP contribution in [0.3, 0.4) is 0 Å². The van der Waals surface area contributed by atoms with Crippen molar-refractivity contribution in [1.29, 1.82) is 5.26 Å². The smallest absolute Gasteiger partial charge is 0.100 e. The molecule has 1 aliphatic carbocycles. The molecule has 1 atom stereocenters. The molecular weight excluding hydrogens is 305 g/mol. The van der Waals surface area contributed by atoms with Crippen LogP contribution in [0.5, 0.6) is 0 Å². The highest BCUT2D eigenvalue weighted by atomic mass is 35.5. The molecule has 1 aromatic rings. The number of benzene rings is 1. The molecule has 1 saturated carbocycles. The maximum atomic E-state index is 10.8. The molecule has 0 spiro atoms. The quantitative estimate of drug-likeness (QED) is 0.791. The zero-order valence-corrected chi connectivity index (χ0v) is 13.8. The molecule has 1 aromatic carbocycles. The number of nitrogens with zero attached hydrogens (tertiary/aromatic N) is 1. The minimum atomic E-state index is -0.925. The van der Waals surface area contributed by atoms with Crippen LogP contribution in [-0.2, 0) is 0 Å². The van der Waals surface area contributed by atoms with Crippen LogP contribution in [0.15, 0.2) is 18.2 Å². The Hall–Kier alpha value is -0.750. The van der Waals surface area contributed by atoms with Gasteiger partial charge in [-0.05, 0) is 43.7 Å². The van der Waals surface area contributed by atoms with E-state index < -0.39 is 11.5 Å². The van der Waals surface area contributed by atoms with Gasteiger partial charge in [0.15, 0.2) is 0 Å². The summed E-state index contributed by atoms with van der Waals surface area (Å²) in [6.07, 6.45) is 4.83. The van der Waals surface area contributed by atoms with Crippen molar-refractivity contribution in [3.8, 4) is 6.07 Å². The van der Waals surface area contributed by atoms with Crippen LogP contribution in [0.2, 0.25) is 10.0 Å². The van der Waals surface area contributed by atoms with Gasteiger partial charge in [0, 0.05) is 15.6 Å². The molecule has 2 rings (SSSR count). The predicted molar refractivity (Wildman–Crippen MR) is 86.3 cm³/mol. The number of aliphatic hydroxyl groups is 1. The first-order valence-electron chi connectivity index (χ1n) is 7.57. The van der Waals surface area contributed by atoms with E-state index in [0.717, 1.165) is 12.8 Å². The molecule has 0 radical (unpaired) electrons. The minimum Gasteiger partial charge on any atom is -0.387 e. The van der Waals surface area contributed by atoms with E-state index in [4.69, 9.17) is 23.2 Å². The average Bonchev–Trinajstić information content (AvgIpc) is 2.48. The van der Waals surface area contributed by atoms with Crippen LogP contribution >= 0.6 is 23.2 Å². The summed E-state index contributed by atoms with van der Waals surface area (Å²) in [7, 11) is 0. The lowest BCUT2D eigenvalue weighted by atomic mass is 9.66. The third-order valence-electron chi connectivity index (χ3n) is 4.71. The molecule has 0 heterocycles. The summed E-state index contributed by atoms with van der Waals surface area (Å²) >= 11 is 12.4. The Balaban J connectivity index is 2.24. The van der Waals surface area contributed by atoms with Crippen LogP contribution in [0.25, 0.3) is 0 Å². The lowest BCUT2D eigenvalue weighted by molar-refractivity contribution is 0.0238. The summed E-state index contributed by atoms with van der Waals surface area (Å²) in [5.74, 6) is 0.672. The second kappa shape index (κ2) is 7.01. The van der Waals surface area contributed by atoms with E-state index in [1.165, 1.54) is 12.8 Å². The fourth-order valence-corrected chi connectivity index (χ4v) is 3.99. The zero-order valence-electron chi connectivity index (χ0n) is 12.3. The van der Waals surface area contributed by atoms with Gasteiger partial charge in [-0.2, -0.15) is 5.26 Å². The van der Waals surface area contributed by atoms with Crippen molar-refractivity contribution in [3.05, 3.63) is 33.8 Å². The van der Waals surface area contributed by atoms with Gasteiger partial charge in [0.1, 0.15) is 6.10 Å². The average molecular weight is 326 g/mol. The minimum absolute atomic E-state index is 0.431. The maximum absolute atomic E-state index is 10.8. The van der Waals surface area contributed by atoms with E-state index in [0.29, 0.717) is 34.4 Å². The molecule has 0 saturated heterocycles. The molecule has 2 nitrogen and oxygen atoms in total. The van der Waals surface area contributed by atoms with Gasteiger partial charge in [-0.1, -0.05) is 49.0 Å². The van der Waals surface area contributed by atoms with Gasteiger partial charge in [0.05, 0.1) is 11.5 Å². The zero-order chi connectivity index (χ0) is 15.5. The van der Waals surface area contributed by atoms with Gasteiger partial charge in [-0.3, -0.25) is 0 Å². The maximum Gasteiger partial charge on any atom is 0.100 e. The monoisotopic (exact) mass is 325 g/mol. The van der Waals surface area contributed by atoms with Gasteiger partial charge in [-0.15, -0.1) is 0 Å². The van der Waals surface area contributed by atoms with E-state index >= 15 is 0 Å². The fourth-order valence-electron chi connectivity index (χ4n) is 3.38. The largest absolute Gasteiger partial charge is 0.387 e. The van der Waals surface area contributed by atoms with Crippen molar-refractivity contribution in [2.75, 3.05) is 0 Å². The normalized spacial score (nSPS) is 27.1. The summed E-state index contributed by atoms with van der Waals surface area (Å²) in [6.45, 7) is 2.19. The molecule has 1 unspecified atom stereocenters. The molecule has 1 aliphatic rings. The van der Waals surface area contributed by atoms with Crippen molar-refractivity contribution >= 4 is 23.2 Å². The number of halogens is 2. The van der Waals surface area contributed by atoms with Crippen LogP contribution in [0.4, 0.5) is 0 Å². The van der Waals surface area contributed by atoms with Gasteiger partial charge < -0.3 is 5.11 Å². The van der Waals surface area contributed by atoms with Crippen molar-refractivity contribution in [3.63, 3.8) is 0 Å². The first kappa shape index (κ1) is 16.6. The molecular formula is C17H21Cl2NO. The Bertz CT molecular complexity index is 510. The van der Waals surface area contributed by atoms with Crippen molar-refractivity contribution < 1.29 is 5.11 Å². The van der Waals surface area contributed by atoms with Crippen LogP contribution in [0.1, 0.15) is 57.1 Å². The summed E-state index contributed by atoms with van der Waals surface area (Å²) in [5, 5.41) is 21.3. The van der Waals surface area contributed by atoms with E-state index in [2.05, 4.69) is 13.0 Å². The van der Waals surface area contributed by atoms with E-state index in [1.807, 2.05) is 0 Å². The Kier molecular flexibility index (Phi) is 5.54. The third-order valence-corrected chi connectivity index (χ3v) is 5.37. The third kappa shape index (κ3) is 3.37. The molecule has 4 heteroatoms. The molecule has 114 valence electrons. The lowest BCUT2D eigenvalue weighted by Crippen LogP contribution is -2.33. The topological polar surface area (TPSA) is 44.0 Å². The number of hydrogen-bond donors (Lipinski definition) is 1. The van der Waals surface area contributed by atoms with Crippen molar-refractivity contribution in [2.45, 2.75) is 51.6 Å². The van der Waals surface area contributed by atoms with Gasteiger partial charge in [0.25, 0.3) is 0 Å². The van der Waals surface area contributed by atoms with Crippen LogP contribution in [-0.4, -0.2) is 5.11 Å². The SMILES string of the molecule is CCCC1CCC(C#N)(C(O)c2c(Cl)cccc2Cl)CC1. The standard InChI is InChI=1S/C17H21Cl2NO/c1-2-4-12-7-9-17(11-20,10-8-12)16(21)15-13(18)5-3-6-14(15)19/h3,5-6,12,16,21H,2,4,7-10H2,1H3. The van der Waals surface area contributed by atoms with Gasteiger partial charge >= 0.3 is 0 Å². The molecule has 0 amide bonds. The summed E-state index contributed by atoms with van der Waals surface area (Å²) in [4.78, 5) is 0. The van der Waals surface area contributed by atoms with Gasteiger partial charge in [0.2, 0.25) is 0 Å². The Morgan fingerprint density at radius 1 is 1.33 bits per heavy atom. The van der Waals surface area contributed by atoms with Crippen molar-refractivity contribution in [1.82, 2.24) is 0 Å². The highest BCUT2D eigenvalue weighted by Crippen LogP contribution is 2.50. The Morgan fingerprint density at radius 2 is 1.90 bits per heavy atom. The predicted octanol–water partition coefficient (Wildman–Crippen LogP) is 5.53. The summed E-state index contributed by atoms with van der Waals surface area (Å²) < 4.78 is 0. The number of hydrogen-bond acceptors (Lipinski definition) is 2. The number of rotatable bonds is 4. The van der Waals surface area contributed by atoms with Crippen LogP contribution in [0, 0.1) is 22.7 Å². The molecule has 0 bridgehead atoms. The first-order valence-corrected chi connectivity index (χ1v) is 8.33. The molecule has 1 N–H and O–H groups in total. The van der Waals surface area contributed by atoms with E-state index in [1.54, 1.807) is 18.2 Å². The van der Waals surface area contributed by atoms with Crippen LogP contribution < -0.4 is 0 Å². The highest BCUT2D eigenvalue weighted by Gasteiger charge is 2.43. The Labute approximate surface area is 136 Å². The first-order chi connectivity index (χ1) is 10.0. The highest BCUT2D eigenvalue weighted by molar-refractivity contribution is 6.36. The number of nitriles is 1. The second-order valence-corrected chi connectivity index (χ2v) is 6.85. The summed E-state index contributed by atoms with van der Waals surface area (Å²) in [5.41, 5.74) is -0.268. The Morgan fingerprint density at radius 3 is 2.38 bits per heavy atom. The molecule has 0 aliphatic heterocycles. The van der Waals surface area contributed by atoms with Gasteiger partial charge in [-0.25, -0.2) is 0 Å². The lowest BCUT2D eigenvalue weighted by Gasteiger charge is -2.38. The van der Waals surface area contributed by atoms with E-state index in [9.17, 15) is 10.4 Å². The molecule has 1 fully saturated rings. The fraction of sp³-hybridized carbons (Fsp3) is 0.588. The van der Waals surface area contributed by atoms with E-state index in [-0.39, 0.29) is 0 Å². The second-order valence-electron chi connectivity index (χ2n) is 6.04. The summed E-state index contributed by atoms with van der Waals surface area (Å²) in [6, 6.07) is 7.53.